The van der Waals surface area contributed by atoms with Gasteiger partial charge in [-0.15, -0.1) is 0 Å². The Morgan fingerprint density at radius 2 is 1.79 bits per heavy atom. The van der Waals surface area contributed by atoms with Gasteiger partial charge in [0, 0.05) is 36.4 Å². The van der Waals surface area contributed by atoms with Crippen LogP contribution in [0.2, 0.25) is 0 Å². The number of fused-ring (bicyclic) bond motifs is 1. The Labute approximate surface area is 192 Å². The summed E-state index contributed by atoms with van der Waals surface area (Å²) in [6.45, 7) is 3.16. The van der Waals surface area contributed by atoms with Crippen LogP contribution in [-0.2, 0) is 10.0 Å². The van der Waals surface area contributed by atoms with E-state index in [1.165, 1.54) is 21.4 Å². The zero-order chi connectivity index (χ0) is 23.0. The number of imidazole rings is 1. The van der Waals surface area contributed by atoms with E-state index in [1.54, 1.807) is 30.5 Å². The van der Waals surface area contributed by atoms with Gasteiger partial charge in [0.2, 0.25) is 10.0 Å². The molecule has 3 heterocycles. The van der Waals surface area contributed by atoms with Crippen molar-refractivity contribution in [2.45, 2.75) is 24.7 Å². The van der Waals surface area contributed by atoms with Crippen molar-refractivity contribution in [1.29, 1.82) is 0 Å². The lowest BCUT2D eigenvalue weighted by molar-refractivity contribution is 0.0961. The summed E-state index contributed by atoms with van der Waals surface area (Å²) in [7, 11) is -3.66. The van der Waals surface area contributed by atoms with E-state index in [0.29, 0.717) is 41.2 Å². The second-order valence-electron chi connectivity index (χ2n) is 8.46. The first-order valence-electron chi connectivity index (χ1n) is 11.0. The third kappa shape index (κ3) is 4.07. The average molecular weight is 461 g/mol. The van der Waals surface area contributed by atoms with Gasteiger partial charge in [0.15, 0.2) is 0 Å². The number of benzene rings is 2. The summed E-state index contributed by atoms with van der Waals surface area (Å²) in [6, 6.07) is 16.2. The van der Waals surface area contributed by atoms with Crippen LogP contribution < -0.4 is 0 Å². The number of piperidine rings is 1. The number of sulfonamides is 1. The Bertz CT molecular complexity index is 1410. The highest BCUT2D eigenvalue weighted by Crippen LogP contribution is 2.30. The molecule has 2 aromatic carbocycles. The number of carbonyl (C=O) groups excluding carboxylic acids is 1. The highest BCUT2D eigenvalue weighted by Gasteiger charge is 2.29. The molecule has 0 N–H and O–H groups in total. The van der Waals surface area contributed by atoms with Gasteiger partial charge in [-0.25, -0.2) is 18.4 Å². The molecule has 4 aromatic rings. The van der Waals surface area contributed by atoms with Crippen molar-refractivity contribution in [3.63, 3.8) is 0 Å². The topological polar surface area (TPSA) is 85.2 Å². The molecule has 8 heteroatoms. The number of pyridine rings is 1. The molecule has 2 aromatic heterocycles. The maximum Gasteiger partial charge on any atom is 0.263 e. The van der Waals surface area contributed by atoms with E-state index in [-0.39, 0.29) is 10.8 Å². The Kier molecular flexibility index (Phi) is 5.55. The van der Waals surface area contributed by atoms with Gasteiger partial charge in [-0.05, 0) is 43.0 Å². The number of hydrogen-bond acceptors (Lipinski definition) is 5. The zero-order valence-electron chi connectivity index (χ0n) is 18.3. The van der Waals surface area contributed by atoms with Crippen molar-refractivity contribution in [3.8, 4) is 11.3 Å². The fourth-order valence-corrected chi connectivity index (χ4v) is 5.69. The maximum absolute atomic E-state index is 13.3. The van der Waals surface area contributed by atoms with Gasteiger partial charge in [0.1, 0.15) is 6.33 Å². The first-order valence-corrected chi connectivity index (χ1v) is 12.4. The molecule has 1 saturated heterocycles. The van der Waals surface area contributed by atoms with Crippen molar-refractivity contribution in [2.24, 2.45) is 5.92 Å². The predicted octanol–water partition coefficient (Wildman–Crippen LogP) is 4.21. The Morgan fingerprint density at radius 3 is 2.48 bits per heavy atom. The van der Waals surface area contributed by atoms with Crippen molar-refractivity contribution in [3.05, 3.63) is 78.9 Å². The van der Waals surface area contributed by atoms with Crippen LogP contribution >= 0.6 is 0 Å². The lowest BCUT2D eigenvalue weighted by Gasteiger charge is -2.29. The maximum atomic E-state index is 13.3. The van der Waals surface area contributed by atoms with Gasteiger partial charge >= 0.3 is 0 Å². The molecular formula is C25H24N4O3S. The van der Waals surface area contributed by atoms with Crippen LogP contribution in [0.25, 0.3) is 22.2 Å². The van der Waals surface area contributed by atoms with E-state index in [1.807, 2.05) is 30.3 Å². The number of carbonyl (C=O) groups is 1. The van der Waals surface area contributed by atoms with Gasteiger partial charge in [0.25, 0.3) is 5.91 Å². The minimum Gasteiger partial charge on any atom is -0.272 e. The summed E-state index contributed by atoms with van der Waals surface area (Å²) in [5, 5.41) is 0.500. The molecule has 168 valence electrons. The number of aromatic nitrogens is 3. The van der Waals surface area contributed by atoms with E-state index in [2.05, 4.69) is 11.9 Å². The van der Waals surface area contributed by atoms with E-state index in [0.717, 1.165) is 18.4 Å². The van der Waals surface area contributed by atoms with Crippen molar-refractivity contribution in [1.82, 2.24) is 18.8 Å². The summed E-state index contributed by atoms with van der Waals surface area (Å²) in [6.07, 6.45) is 6.24. The molecule has 0 unspecified atom stereocenters. The Balaban J connectivity index is 1.66. The minimum absolute atomic E-state index is 0.179. The number of rotatable bonds is 4. The molecular weight excluding hydrogens is 436 g/mol. The smallest absolute Gasteiger partial charge is 0.263 e. The highest BCUT2D eigenvalue weighted by atomic mass is 32.2. The molecule has 0 bridgehead atoms. The average Bonchev–Trinajstić information content (AvgIpc) is 3.38. The summed E-state index contributed by atoms with van der Waals surface area (Å²) >= 11 is 0. The molecule has 0 aliphatic carbocycles. The highest BCUT2D eigenvalue weighted by molar-refractivity contribution is 7.89. The standard InChI is InChI=1S/C25H24N4O3S/c1-18-9-12-29(13-10-18)33(31,32)20-7-8-23-21(15-20)22(25(30)28-14-11-26-17-28)16-24(27-23)19-5-3-2-4-6-19/h2-8,11,14-18H,9-10,12-13H2,1H3. The lowest BCUT2D eigenvalue weighted by Crippen LogP contribution is -2.37. The third-order valence-electron chi connectivity index (χ3n) is 6.20. The summed E-state index contributed by atoms with van der Waals surface area (Å²) < 4.78 is 29.6. The largest absolute Gasteiger partial charge is 0.272 e. The Morgan fingerprint density at radius 1 is 1.03 bits per heavy atom. The van der Waals surface area contributed by atoms with Crippen LogP contribution in [-0.4, -0.2) is 46.3 Å². The molecule has 5 rings (SSSR count). The minimum atomic E-state index is -3.66. The molecule has 0 amide bonds. The first-order chi connectivity index (χ1) is 15.9. The van der Waals surface area contributed by atoms with Gasteiger partial charge in [0.05, 0.1) is 21.7 Å². The number of nitrogens with zero attached hydrogens (tertiary/aromatic N) is 4. The van der Waals surface area contributed by atoms with E-state index < -0.39 is 10.0 Å². The van der Waals surface area contributed by atoms with Crippen molar-refractivity contribution in [2.75, 3.05) is 13.1 Å². The van der Waals surface area contributed by atoms with E-state index >= 15 is 0 Å². The molecule has 1 aliphatic heterocycles. The summed E-state index contributed by atoms with van der Waals surface area (Å²) in [5.41, 5.74) is 2.46. The fraction of sp³-hybridized carbons (Fsp3) is 0.240. The van der Waals surface area contributed by atoms with Crippen LogP contribution in [0.1, 0.15) is 30.1 Å². The SMILES string of the molecule is CC1CCN(S(=O)(=O)c2ccc3nc(-c4ccccc4)cc(C(=O)n4ccnc4)c3c2)CC1. The molecule has 0 saturated carbocycles. The van der Waals surface area contributed by atoms with Crippen LogP contribution in [0.3, 0.4) is 0 Å². The van der Waals surface area contributed by atoms with Gasteiger partial charge in [-0.2, -0.15) is 4.31 Å². The monoisotopic (exact) mass is 460 g/mol. The van der Waals surface area contributed by atoms with Gasteiger partial charge in [-0.1, -0.05) is 37.3 Å². The van der Waals surface area contributed by atoms with Crippen LogP contribution in [0, 0.1) is 5.92 Å². The second-order valence-corrected chi connectivity index (χ2v) is 10.4. The lowest BCUT2D eigenvalue weighted by atomic mass is 10.0. The van der Waals surface area contributed by atoms with Crippen LogP contribution in [0.15, 0.2) is 78.2 Å². The van der Waals surface area contributed by atoms with E-state index in [9.17, 15) is 13.2 Å². The van der Waals surface area contributed by atoms with Gasteiger partial charge < -0.3 is 0 Å². The van der Waals surface area contributed by atoms with Crippen molar-refractivity contribution < 1.29 is 13.2 Å². The van der Waals surface area contributed by atoms with E-state index in [4.69, 9.17) is 4.98 Å². The Hall–Kier alpha value is -3.36. The summed E-state index contributed by atoms with van der Waals surface area (Å²) in [4.78, 5) is 22.2. The first kappa shape index (κ1) is 21.5. The molecule has 7 nitrogen and oxygen atoms in total. The molecule has 33 heavy (non-hydrogen) atoms. The molecule has 1 aliphatic rings. The number of hydrogen-bond donors (Lipinski definition) is 0. The third-order valence-corrected chi connectivity index (χ3v) is 8.09. The van der Waals surface area contributed by atoms with Crippen LogP contribution in [0.4, 0.5) is 0 Å². The van der Waals surface area contributed by atoms with Crippen molar-refractivity contribution >= 4 is 26.8 Å². The molecule has 0 spiro atoms. The molecule has 1 fully saturated rings. The molecule has 0 radical (unpaired) electrons. The van der Waals surface area contributed by atoms with Crippen LogP contribution in [0.5, 0.6) is 0 Å². The zero-order valence-corrected chi connectivity index (χ0v) is 19.1. The normalized spacial score (nSPS) is 15.7. The fourth-order valence-electron chi connectivity index (χ4n) is 4.19. The quantitative estimate of drug-likeness (QED) is 0.456. The van der Waals surface area contributed by atoms with Gasteiger partial charge in [-0.3, -0.25) is 9.36 Å². The second kappa shape index (κ2) is 8.53. The predicted molar refractivity (Wildman–Crippen MR) is 126 cm³/mol. The summed E-state index contributed by atoms with van der Waals surface area (Å²) in [5.74, 6) is 0.228. The molecule has 0 atom stereocenters.